The van der Waals surface area contributed by atoms with Crippen LogP contribution in [0.25, 0.3) is 0 Å². The Bertz CT molecular complexity index is 386. The van der Waals surface area contributed by atoms with Crippen LogP contribution in [0.4, 0.5) is 5.69 Å². The van der Waals surface area contributed by atoms with Gasteiger partial charge in [-0.05, 0) is 34.1 Å². The van der Waals surface area contributed by atoms with Crippen molar-refractivity contribution in [2.75, 3.05) is 5.43 Å². The van der Waals surface area contributed by atoms with Crippen molar-refractivity contribution in [1.82, 2.24) is 0 Å². The first-order chi connectivity index (χ1) is 7.38. The minimum Gasteiger partial charge on any atom is -0.473 e. The summed E-state index contributed by atoms with van der Waals surface area (Å²) < 4.78 is 1.97. The normalized spacial score (nSPS) is 8.69. The highest BCUT2D eigenvalue weighted by Crippen LogP contribution is 2.24. The van der Waals surface area contributed by atoms with E-state index in [-0.39, 0.29) is 0 Å². The van der Waals surface area contributed by atoms with Gasteiger partial charge in [0.15, 0.2) is 0 Å². The summed E-state index contributed by atoms with van der Waals surface area (Å²) in [7, 11) is 0. The molecule has 0 aliphatic heterocycles. The molecule has 0 aromatic heterocycles. The van der Waals surface area contributed by atoms with Crippen molar-refractivity contribution in [1.29, 1.82) is 0 Å². The van der Waals surface area contributed by atoms with E-state index in [1.807, 2.05) is 18.2 Å². The topological polar surface area (TPSA) is 113 Å². The molecule has 0 radical (unpaired) electrons. The number of hydrogen-bond acceptors (Lipinski definition) is 4. The van der Waals surface area contributed by atoms with Gasteiger partial charge in [0, 0.05) is 8.95 Å². The second-order valence-electron chi connectivity index (χ2n) is 2.38. The Morgan fingerprint density at radius 2 is 1.69 bits per heavy atom. The Morgan fingerprint density at radius 1 is 1.19 bits per heavy atom. The van der Waals surface area contributed by atoms with Crippen molar-refractivity contribution >= 4 is 49.5 Å². The van der Waals surface area contributed by atoms with Crippen LogP contribution in [-0.4, -0.2) is 22.2 Å². The lowest BCUT2D eigenvalue weighted by Crippen LogP contribution is -2.09. The van der Waals surface area contributed by atoms with E-state index in [1.165, 1.54) is 0 Å². The van der Waals surface area contributed by atoms with Crippen LogP contribution in [0.2, 0.25) is 0 Å². The summed E-state index contributed by atoms with van der Waals surface area (Å²) in [6.45, 7) is 0. The summed E-state index contributed by atoms with van der Waals surface area (Å²) in [6, 6.07) is 5.73. The first-order valence-electron chi connectivity index (χ1n) is 3.76. The van der Waals surface area contributed by atoms with Crippen LogP contribution in [0.15, 0.2) is 27.1 Å². The molecule has 0 aliphatic rings. The van der Waals surface area contributed by atoms with Gasteiger partial charge in [0.1, 0.15) is 0 Å². The molecule has 0 aliphatic carbocycles. The Labute approximate surface area is 108 Å². The van der Waals surface area contributed by atoms with Crippen LogP contribution in [0.5, 0.6) is 0 Å². The number of aliphatic carboxylic acids is 2. The number of carbonyl (C=O) groups is 2. The molecule has 0 heterocycles. The van der Waals surface area contributed by atoms with Gasteiger partial charge in [0.2, 0.25) is 0 Å². The van der Waals surface area contributed by atoms with Crippen LogP contribution in [-0.2, 0) is 9.59 Å². The van der Waals surface area contributed by atoms with Gasteiger partial charge in [-0.2, -0.15) is 0 Å². The van der Waals surface area contributed by atoms with Gasteiger partial charge in [-0.15, -0.1) is 0 Å². The molecular formula is C8H8Br2N2O4. The second kappa shape index (κ2) is 7.20. The number of hydrazine groups is 1. The quantitative estimate of drug-likeness (QED) is 0.346. The summed E-state index contributed by atoms with van der Waals surface area (Å²) in [5, 5.41) is 14.8. The highest BCUT2D eigenvalue weighted by molar-refractivity contribution is 9.11. The number of benzene rings is 1. The first-order valence-corrected chi connectivity index (χ1v) is 5.35. The number of anilines is 1. The van der Waals surface area contributed by atoms with Crippen molar-refractivity contribution in [3.63, 3.8) is 0 Å². The van der Waals surface area contributed by atoms with Gasteiger partial charge in [-0.3, -0.25) is 5.84 Å². The van der Waals surface area contributed by atoms with Crippen molar-refractivity contribution in [3.8, 4) is 0 Å². The summed E-state index contributed by atoms with van der Waals surface area (Å²) in [5.74, 6) is 1.56. The third-order valence-corrected chi connectivity index (χ3v) is 2.42. The number of nitrogen functional groups attached to an aromatic ring is 1. The van der Waals surface area contributed by atoms with Gasteiger partial charge < -0.3 is 15.6 Å². The second-order valence-corrected chi connectivity index (χ2v) is 4.15. The molecule has 0 saturated carbocycles. The van der Waals surface area contributed by atoms with Crippen LogP contribution < -0.4 is 11.3 Å². The standard InChI is InChI=1S/C6H6Br2N2.C2H2O4/c7-4-1-2-6(10-9)5(8)3-4;3-1(4)2(5)6/h1-3,10H,9H2;(H,3,4)(H,5,6). The predicted molar refractivity (Wildman–Crippen MR) is 64.9 cm³/mol. The smallest absolute Gasteiger partial charge is 0.414 e. The molecule has 1 aromatic carbocycles. The SMILES string of the molecule is NNc1ccc(Br)cc1Br.O=C(O)C(=O)O. The summed E-state index contributed by atoms with van der Waals surface area (Å²) in [5.41, 5.74) is 3.43. The van der Waals surface area contributed by atoms with E-state index in [2.05, 4.69) is 37.3 Å². The third-order valence-electron chi connectivity index (χ3n) is 1.27. The van der Waals surface area contributed by atoms with E-state index in [4.69, 9.17) is 25.6 Å². The molecule has 0 spiro atoms. The molecule has 0 saturated heterocycles. The van der Waals surface area contributed by atoms with Crippen molar-refractivity contribution < 1.29 is 19.8 Å². The number of halogens is 2. The minimum atomic E-state index is -1.82. The lowest BCUT2D eigenvalue weighted by Gasteiger charge is -2.01. The zero-order chi connectivity index (χ0) is 12.7. The Kier molecular flexibility index (Phi) is 6.70. The molecule has 16 heavy (non-hydrogen) atoms. The molecule has 0 amide bonds. The average molecular weight is 356 g/mol. The van der Waals surface area contributed by atoms with E-state index in [1.54, 1.807) is 0 Å². The number of rotatable bonds is 1. The van der Waals surface area contributed by atoms with E-state index in [0.29, 0.717) is 0 Å². The molecule has 0 bridgehead atoms. The lowest BCUT2D eigenvalue weighted by molar-refractivity contribution is -0.159. The van der Waals surface area contributed by atoms with Crippen LogP contribution in [0, 0.1) is 0 Å². The Hall–Kier alpha value is -1.12. The summed E-state index contributed by atoms with van der Waals surface area (Å²) in [4.78, 5) is 18.2. The van der Waals surface area contributed by atoms with Crippen LogP contribution in [0.3, 0.4) is 0 Å². The minimum absolute atomic E-state index is 0.878. The fraction of sp³-hybridized carbons (Fsp3) is 0. The highest BCUT2D eigenvalue weighted by Gasteiger charge is 2.04. The van der Waals surface area contributed by atoms with Gasteiger partial charge in [-0.25, -0.2) is 9.59 Å². The van der Waals surface area contributed by atoms with Gasteiger partial charge in [-0.1, -0.05) is 15.9 Å². The maximum absolute atomic E-state index is 9.10. The predicted octanol–water partition coefficient (Wildman–Crippen LogP) is 1.65. The van der Waals surface area contributed by atoms with E-state index >= 15 is 0 Å². The van der Waals surface area contributed by atoms with E-state index in [0.717, 1.165) is 14.6 Å². The number of hydrogen-bond donors (Lipinski definition) is 4. The molecule has 88 valence electrons. The molecule has 0 unspecified atom stereocenters. The molecule has 8 heteroatoms. The number of carboxylic acid groups (broad SMARTS) is 2. The molecule has 1 rings (SSSR count). The molecule has 0 fully saturated rings. The van der Waals surface area contributed by atoms with Crippen molar-refractivity contribution in [2.45, 2.75) is 0 Å². The maximum atomic E-state index is 9.10. The van der Waals surface area contributed by atoms with Crippen molar-refractivity contribution in [2.24, 2.45) is 5.84 Å². The summed E-state index contributed by atoms with van der Waals surface area (Å²) >= 11 is 6.66. The molecule has 6 nitrogen and oxygen atoms in total. The molecule has 5 N–H and O–H groups in total. The monoisotopic (exact) mass is 354 g/mol. The van der Waals surface area contributed by atoms with Gasteiger partial charge in [0.25, 0.3) is 0 Å². The highest BCUT2D eigenvalue weighted by atomic mass is 79.9. The summed E-state index contributed by atoms with van der Waals surface area (Å²) in [6.07, 6.45) is 0. The first kappa shape index (κ1) is 14.9. The average Bonchev–Trinajstić information content (AvgIpc) is 2.18. The third kappa shape index (κ3) is 5.69. The maximum Gasteiger partial charge on any atom is 0.414 e. The van der Waals surface area contributed by atoms with Crippen LogP contribution >= 0.6 is 31.9 Å². The zero-order valence-corrected chi connectivity index (χ0v) is 10.9. The van der Waals surface area contributed by atoms with Gasteiger partial charge >= 0.3 is 11.9 Å². The molecule has 1 aromatic rings. The number of nitrogens with one attached hydrogen (secondary N) is 1. The Morgan fingerprint density at radius 3 is 2.00 bits per heavy atom. The fourth-order valence-electron chi connectivity index (χ4n) is 0.607. The fourth-order valence-corrected chi connectivity index (χ4v) is 1.77. The van der Waals surface area contributed by atoms with Crippen LogP contribution in [0.1, 0.15) is 0 Å². The lowest BCUT2D eigenvalue weighted by atomic mass is 10.3. The Balaban J connectivity index is 0.000000325. The number of carboxylic acids is 2. The van der Waals surface area contributed by atoms with Gasteiger partial charge in [0.05, 0.1) is 5.69 Å². The van der Waals surface area contributed by atoms with E-state index < -0.39 is 11.9 Å². The molecular weight excluding hydrogens is 348 g/mol. The largest absolute Gasteiger partial charge is 0.473 e. The molecule has 0 atom stereocenters. The van der Waals surface area contributed by atoms with Crippen molar-refractivity contribution in [3.05, 3.63) is 27.1 Å². The zero-order valence-electron chi connectivity index (χ0n) is 7.78. The number of nitrogens with two attached hydrogens (primary N) is 1. The van der Waals surface area contributed by atoms with E-state index in [9.17, 15) is 0 Å².